The Hall–Kier alpha value is -1.33. The van der Waals surface area contributed by atoms with Crippen molar-refractivity contribution in [3.63, 3.8) is 0 Å². The van der Waals surface area contributed by atoms with E-state index in [9.17, 15) is 9.50 Å². The number of rotatable bonds is 4. The lowest BCUT2D eigenvalue weighted by atomic mass is 9.93. The third kappa shape index (κ3) is 3.41. The van der Waals surface area contributed by atoms with Gasteiger partial charge in [0.2, 0.25) is 0 Å². The van der Waals surface area contributed by atoms with E-state index in [1.807, 2.05) is 0 Å². The summed E-state index contributed by atoms with van der Waals surface area (Å²) in [5.74, 6) is 0.0913. The van der Waals surface area contributed by atoms with E-state index in [0.29, 0.717) is 11.5 Å². The first-order valence-corrected chi connectivity index (χ1v) is 7.21. The van der Waals surface area contributed by atoms with Gasteiger partial charge in [0.05, 0.1) is 5.69 Å². The Bertz CT molecular complexity index is 459. The monoisotopic (exact) mass is 281 g/mol. The molecule has 0 aromatic heterocycles. The first-order valence-electron chi connectivity index (χ1n) is 7.21. The van der Waals surface area contributed by atoms with Gasteiger partial charge in [-0.2, -0.15) is 0 Å². The number of aromatic hydroxyl groups is 1. The zero-order valence-corrected chi connectivity index (χ0v) is 12.2. The standard InChI is InChI=1S/C15H24FN3O/c1-10(2)7-14(19-5-3-18-4-6-19)12-8-11(16)9-13(17)15(12)20/h8-10,14,18,20H,3-7,17H2,1-2H3/t14-/m0/s1. The third-order valence-electron chi connectivity index (χ3n) is 3.78. The Morgan fingerprint density at radius 1 is 1.35 bits per heavy atom. The summed E-state index contributed by atoms with van der Waals surface area (Å²) in [6.07, 6.45) is 0.871. The highest BCUT2D eigenvalue weighted by Gasteiger charge is 2.26. The lowest BCUT2D eigenvalue weighted by Gasteiger charge is -2.36. The molecule has 1 atom stereocenters. The number of anilines is 1. The van der Waals surface area contributed by atoms with Crippen LogP contribution in [-0.2, 0) is 0 Å². The molecule has 2 rings (SSSR count). The third-order valence-corrected chi connectivity index (χ3v) is 3.78. The summed E-state index contributed by atoms with van der Waals surface area (Å²) in [6, 6.07) is 2.60. The average molecular weight is 281 g/mol. The molecule has 0 bridgehead atoms. The number of benzene rings is 1. The molecule has 112 valence electrons. The van der Waals surface area contributed by atoms with E-state index in [1.165, 1.54) is 12.1 Å². The molecule has 0 spiro atoms. The molecule has 1 fully saturated rings. The predicted octanol–water partition coefficient (Wildman–Crippen LogP) is 2.11. The molecule has 1 aliphatic heterocycles. The molecule has 0 unspecified atom stereocenters. The van der Waals surface area contributed by atoms with Crippen LogP contribution in [-0.4, -0.2) is 36.2 Å². The quantitative estimate of drug-likeness (QED) is 0.584. The summed E-state index contributed by atoms with van der Waals surface area (Å²) in [6.45, 7) is 7.89. The molecule has 20 heavy (non-hydrogen) atoms. The van der Waals surface area contributed by atoms with Crippen LogP contribution < -0.4 is 11.1 Å². The van der Waals surface area contributed by atoms with Crippen molar-refractivity contribution in [1.82, 2.24) is 10.2 Å². The minimum Gasteiger partial charge on any atom is -0.505 e. The van der Waals surface area contributed by atoms with Crippen LogP contribution in [0.3, 0.4) is 0 Å². The normalized spacial score (nSPS) is 18.4. The maximum absolute atomic E-state index is 13.7. The van der Waals surface area contributed by atoms with E-state index in [4.69, 9.17) is 5.73 Å². The Labute approximate surface area is 119 Å². The number of nitrogens with zero attached hydrogens (tertiary/aromatic N) is 1. The number of nitrogens with two attached hydrogens (primary N) is 1. The van der Waals surface area contributed by atoms with Gasteiger partial charge in [-0.15, -0.1) is 0 Å². The van der Waals surface area contributed by atoms with Crippen LogP contribution in [0.25, 0.3) is 0 Å². The number of piperazine rings is 1. The maximum Gasteiger partial charge on any atom is 0.143 e. The molecule has 4 N–H and O–H groups in total. The van der Waals surface area contributed by atoms with Crippen molar-refractivity contribution in [3.8, 4) is 5.75 Å². The zero-order valence-electron chi connectivity index (χ0n) is 12.2. The van der Waals surface area contributed by atoms with E-state index in [-0.39, 0.29) is 23.3 Å². The van der Waals surface area contributed by atoms with Gasteiger partial charge < -0.3 is 16.2 Å². The summed E-state index contributed by atoms with van der Waals surface area (Å²) >= 11 is 0. The first kappa shape index (κ1) is 15.1. The van der Waals surface area contributed by atoms with Crippen LogP contribution in [0.1, 0.15) is 31.9 Å². The van der Waals surface area contributed by atoms with Crippen molar-refractivity contribution in [3.05, 3.63) is 23.5 Å². The predicted molar refractivity (Wildman–Crippen MR) is 79.1 cm³/mol. The van der Waals surface area contributed by atoms with Gasteiger partial charge in [0, 0.05) is 43.9 Å². The van der Waals surface area contributed by atoms with Crippen LogP contribution >= 0.6 is 0 Å². The summed E-state index contributed by atoms with van der Waals surface area (Å²) < 4.78 is 13.7. The van der Waals surface area contributed by atoms with Crippen LogP contribution in [0.15, 0.2) is 12.1 Å². The van der Waals surface area contributed by atoms with E-state index in [1.54, 1.807) is 0 Å². The SMILES string of the molecule is CC(C)C[C@@H](c1cc(F)cc(N)c1O)N1CCNCC1. The average Bonchev–Trinajstić information content (AvgIpc) is 2.41. The van der Waals surface area contributed by atoms with Crippen molar-refractivity contribution in [2.75, 3.05) is 31.9 Å². The second-order valence-electron chi connectivity index (χ2n) is 5.86. The fourth-order valence-corrected chi connectivity index (χ4v) is 2.81. The van der Waals surface area contributed by atoms with Gasteiger partial charge in [0.15, 0.2) is 0 Å². The van der Waals surface area contributed by atoms with E-state index in [2.05, 4.69) is 24.1 Å². The van der Waals surface area contributed by atoms with Crippen molar-refractivity contribution in [2.24, 2.45) is 5.92 Å². The van der Waals surface area contributed by atoms with Gasteiger partial charge in [-0.1, -0.05) is 13.8 Å². The molecule has 0 radical (unpaired) electrons. The molecule has 0 amide bonds. The lowest BCUT2D eigenvalue weighted by molar-refractivity contribution is 0.151. The van der Waals surface area contributed by atoms with Crippen LogP contribution in [0.4, 0.5) is 10.1 Å². The van der Waals surface area contributed by atoms with Gasteiger partial charge in [0.25, 0.3) is 0 Å². The highest BCUT2D eigenvalue weighted by atomic mass is 19.1. The van der Waals surface area contributed by atoms with Gasteiger partial charge in [0.1, 0.15) is 11.6 Å². The van der Waals surface area contributed by atoms with E-state index in [0.717, 1.165) is 32.6 Å². The Morgan fingerprint density at radius 2 is 2.00 bits per heavy atom. The molecular formula is C15H24FN3O. The second kappa shape index (κ2) is 6.41. The highest BCUT2D eigenvalue weighted by Crippen LogP contribution is 2.37. The van der Waals surface area contributed by atoms with Crippen LogP contribution in [0, 0.1) is 11.7 Å². The Morgan fingerprint density at radius 3 is 2.60 bits per heavy atom. The largest absolute Gasteiger partial charge is 0.505 e. The highest BCUT2D eigenvalue weighted by molar-refractivity contribution is 5.57. The number of nitrogens with one attached hydrogen (secondary N) is 1. The first-order chi connectivity index (χ1) is 9.49. The van der Waals surface area contributed by atoms with Gasteiger partial charge >= 0.3 is 0 Å². The minimum atomic E-state index is -0.390. The van der Waals surface area contributed by atoms with E-state index >= 15 is 0 Å². The lowest BCUT2D eigenvalue weighted by Crippen LogP contribution is -2.45. The number of phenols is 1. The molecule has 4 nitrogen and oxygen atoms in total. The minimum absolute atomic E-state index is 0.00935. The fourth-order valence-electron chi connectivity index (χ4n) is 2.81. The Balaban J connectivity index is 2.34. The van der Waals surface area contributed by atoms with Gasteiger partial charge in [-0.3, -0.25) is 4.90 Å². The second-order valence-corrected chi connectivity index (χ2v) is 5.86. The van der Waals surface area contributed by atoms with Crippen LogP contribution in [0.2, 0.25) is 0 Å². The van der Waals surface area contributed by atoms with Crippen molar-refractivity contribution in [2.45, 2.75) is 26.3 Å². The molecule has 1 saturated heterocycles. The number of hydrogen-bond donors (Lipinski definition) is 3. The number of nitrogen functional groups attached to an aromatic ring is 1. The van der Waals surface area contributed by atoms with Crippen LogP contribution in [0.5, 0.6) is 5.75 Å². The molecule has 0 saturated carbocycles. The number of halogens is 1. The maximum atomic E-state index is 13.7. The topological polar surface area (TPSA) is 61.5 Å². The molecule has 0 aliphatic carbocycles. The number of phenolic OH excluding ortho intramolecular Hbond substituents is 1. The van der Waals surface area contributed by atoms with Gasteiger partial charge in [-0.05, 0) is 18.4 Å². The summed E-state index contributed by atoms with van der Waals surface area (Å²) in [4.78, 5) is 2.30. The van der Waals surface area contributed by atoms with Crippen molar-refractivity contribution < 1.29 is 9.50 Å². The zero-order chi connectivity index (χ0) is 14.7. The molecule has 1 aromatic carbocycles. The number of hydrogen-bond acceptors (Lipinski definition) is 4. The molecule has 1 heterocycles. The van der Waals surface area contributed by atoms with Gasteiger partial charge in [-0.25, -0.2) is 4.39 Å². The van der Waals surface area contributed by atoms with Crippen molar-refractivity contribution in [1.29, 1.82) is 0 Å². The smallest absolute Gasteiger partial charge is 0.143 e. The van der Waals surface area contributed by atoms with E-state index < -0.39 is 0 Å². The molecular weight excluding hydrogens is 257 g/mol. The fraction of sp³-hybridized carbons (Fsp3) is 0.600. The molecule has 5 heteroatoms. The summed E-state index contributed by atoms with van der Waals surface area (Å²) in [7, 11) is 0. The summed E-state index contributed by atoms with van der Waals surface area (Å²) in [5, 5.41) is 13.5. The summed E-state index contributed by atoms with van der Waals surface area (Å²) in [5.41, 5.74) is 6.42. The van der Waals surface area contributed by atoms with Crippen molar-refractivity contribution >= 4 is 5.69 Å². The molecule has 1 aliphatic rings. The Kier molecular flexibility index (Phi) is 4.83. The molecule has 1 aromatic rings.